The van der Waals surface area contributed by atoms with Gasteiger partial charge in [-0.05, 0) is 60.6 Å². The van der Waals surface area contributed by atoms with Crippen molar-refractivity contribution >= 4 is 17.7 Å². The largest absolute Gasteiger partial charge is 0.493 e. The van der Waals surface area contributed by atoms with Gasteiger partial charge < -0.3 is 14.2 Å². The zero-order valence-electron chi connectivity index (χ0n) is 19.6. The second-order valence-corrected chi connectivity index (χ2v) is 8.78. The van der Waals surface area contributed by atoms with Crippen molar-refractivity contribution in [1.29, 1.82) is 0 Å². The molecule has 0 amide bonds. The second kappa shape index (κ2) is 12.5. The van der Waals surface area contributed by atoms with Crippen LogP contribution >= 0.6 is 11.8 Å². The van der Waals surface area contributed by atoms with Crippen LogP contribution in [0.1, 0.15) is 29.2 Å². The molecule has 3 rings (SSSR count). The molecule has 0 atom stereocenters. The van der Waals surface area contributed by atoms with E-state index in [0.717, 1.165) is 24.3 Å². The van der Waals surface area contributed by atoms with Crippen molar-refractivity contribution in [2.24, 2.45) is 0 Å². The Morgan fingerprint density at radius 3 is 2.34 bits per heavy atom. The van der Waals surface area contributed by atoms with Gasteiger partial charge in [-0.25, -0.2) is 0 Å². The molecule has 4 nitrogen and oxygen atoms in total. The minimum absolute atomic E-state index is 0.0450. The van der Waals surface area contributed by atoms with Crippen molar-refractivity contribution in [1.82, 2.24) is 0 Å². The third-order valence-corrected chi connectivity index (χ3v) is 6.13. The van der Waals surface area contributed by atoms with E-state index >= 15 is 0 Å². The number of alkyl halides is 3. The number of hydrogen-bond acceptors (Lipinski definition) is 5. The van der Waals surface area contributed by atoms with Gasteiger partial charge in [0.2, 0.25) is 0 Å². The van der Waals surface area contributed by atoms with Crippen LogP contribution in [-0.4, -0.2) is 25.4 Å². The minimum atomic E-state index is -4.46. The van der Waals surface area contributed by atoms with Crippen LogP contribution in [-0.2, 0) is 34.3 Å². The van der Waals surface area contributed by atoms with Crippen LogP contribution in [0.2, 0.25) is 0 Å². The summed E-state index contributed by atoms with van der Waals surface area (Å²) in [6.07, 6.45) is -3.60. The molecule has 0 saturated carbocycles. The summed E-state index contributed by atoms with van der Waals surface area (Å²) in [7, 11) is 1.47. The summed E-state index contributed by atoms with van der Waals surface area (Å²) in [5.41, 5.74) is 1.51. The molecule has 0 aliphatic rings. The third kappa shape index (κ3) is 7.96. The van der Waals surface area contributed by atoms with Crippen LogP contribution < -0.4 is 9.47 Å². The van der Waals surface area contributed by atoms with Crippen LogP contribution in [0.5, 0.6) is 17.2 Å². The molecule has 0 N–H and O–H groups in total. The molecule has 0 unspecified atom stereocenters. The van der Waals surface area contributed by atoms with Crippen LogP contribution in [0.25, 0.3) is 0 Å². The second-order valence-electron chi connectivity index (χ2n) is 7.68. The Hall–Kier alpha value is -3.13. The van der Waals surface area contributed by atoms with E-state index in [1.807, 2.05) is 30.3 Å². The molecular weight excluding hydrogens is 477 g/mol. The topological polar surface area (TPSA) is 44.8 Å². The van der Waals surface area contributed by atoms with Crippen LogP contribution in [0, 0.1) is 0 Å². The number of halogens is 3. The Bertz CT molecular complexity index is 1120. The highest BCUT2D eigenvalue weighted by Crippen LogP contribution is 2.38. The van der Waals surface area contributed by atoms with Crippen molar-refractivity contribution in [2.75, 3.05) is 19.5 Å². The molecule has 35 heavy (non-hydrogen) atoms. The Morgan fingerprint density at radius 1 is 0.914 bits per heavy atom. The van der Waals surface area contributed by atoms with Crippen molar-refractivity contribution in [3.8, 4) is 17.2 Å². The fraction of sp³-hybridized carbons (Fsp3) is 0.296. The lowest BCUT2D eigenvalue weighted by Crippen LogP contribution is -2.08. The van der Waals surface area contributed by atoms with Crippen molar-refractivity contribution in [2.45, 2.75) is 31.7 Å². The van der Waals surface area contributed by atoms with E-state index in [2.05, 4.69) is 0 Å². The fourth-order valence-electron chi connectivity index (χ4n) is 3.39. The molecule has 8 heteroatoms. The van der Waals surface area contributed by atoms with Gasteiger partial charge in [0, 0.05) is 11.3 Å². The van der Waals surface area contributed by atoms with Gasteiger partial charge in [0.25, 0.3) is 0 Å². The number of ether oxygens (including phenoxy) is 3. The molecule has 0 heterocycles. The first kappa shape index (κ1) is 26.5. The first-order valence-electron chi connectivity index (χ1n) is 11.1. The summed E-state index contributed by atoms with van der Waals surface area (Å²) in [4.78, 5) is 11.9. The number of rotatable bonds is 11. The summed E-state index contributed by atoms with van der Waals surface area (Å²) >= 11 is 1.53. The maximum atomic E-state index is 13.4. The highest BCUT2D eigenvalue weighted by Gasteiger charge is 2.31. The van der Waals surface area contributed by atoms with E-state index in [1.165, 1.54) is 30.5 Å². The maximum absolute atomic E-state index is 13.4. The highest BCUT2D eigenvalue weighted by molar-refractivity contribution is 7.98. The summed E-state index contributed by atoms with van der Waals surface area (Å²) in [5.74, 6) is 1.73. The van der Waals surface area contributed by atoms with E-state index in [9.17, 15) is 18.0 Å². The first-order chi connectivity index (χ1) is 16.8. The lowest BCUT2D eigenvalue weighted by molar-refractivity contribution is -0.142. The number of hydrogen-bond donors (Lipinski definition) is 0. The van der Waals surface area contributed by atoms with Gasteiger partial charge in [-0.15, -0.1) is 0 Å². The third-order valence-electron chi connectivity index (χ3n) is 5.13. The van der Waals surface area contributed by atoms with E-state index in [-0.39, 0.29) is 19.0 Å². The molecule has 0 saturated heterocycles. The molecule has 0 bridgehead atoms. The van der Waals surface area contributed by atoms with Gasteiger partial charge in [0.1, 0.15) is 5.75 Å². The molecule has 0 radical (unpaired) electrons. The number of methoxy groups -OCH3 is 1. The Kier molecular flexibility index (Phi) is 9.48. The molecule has 3 aromatic rings. The number of carbonyl (C=O) groups is 1. The molecule has 3 aromatic carbocycles. The van der Waals surface area contributed by atoms with Gasteiger partial charge in [-0.3, -0.25) is 4.79 Å². The molecule has 0 aromatic heterocycles. The Labute approximate surface area is 207 Å². The Balaban J connectivity index is 1.81. The van der Waals surface area contributed by atoms with Gasteiger partial charge in [0.05, 0.1) is 25.7 Å². The predicted octanol–water partition coefficient (Wildman–Crippen LogP) is 7.09. The number of carbonyl (C=O) groups excluding carboxylic acids is 1. The summed E-state index contributed by atoms with van der Waals surface area (Å²) in [5, 5.41) is 0. The minimum Gasteiger partial charge on any atom is -0.493 e. The lowest BCUT2D eigenvalue weighted by atomic mass is 10.1. The van der Waals surface area contributed by atoms with Crippen LogP contribution in [0.3, 0.4) is 0 Å². The van der Waals surface area contributed by atoms with Crippen LogP contribution in [0.4, 0.5) is 13.2 Å². The van der Waals surface area contributed by atoms with E-state index in [1.54, 1.807) is 25.1 Å². The average molecular weight is 505 g/mol. The fourth-order valence-corrected chi connectivity index (χ4v) is 4.36. The van der Waals surface area contributed by atoms with Crippen molar-refractivity contribution in [3.05, 3.63) is 89.0 Å². The Morgan fingerprint density at radius 2 is 1.66 bits per heavy atom. The maximum Gasteiger partial charge on any atom is 0.416 e. The standard InChI is InChI=1S/C27H27F3O4S/c1-3-33-26(31)16-20-9-11-24(32-2)25(15-20)34-23-12-10-22(27(28,29)30)17-21(23)18-35-14-13-19-7-5-4-6-8-19/h4-12,15,17H,3,13-14,16,18H2,1-2H3. The van der Waals surface area contributed by atoms with E-state index in [0.29, 0.717) is 34.1 Å². The van der Waals surface area contributed by atoms with E-state index in [4.69, 9.17) is 14.2 Å². The van der Waals surface area contributed by atoms with Crippen molar-refractivity contribution in [3.63, 3.8) is 0 Å². The van der Waals surface area contributed by atoms with Crippen molar-refractivity contribution < 1.29 is 32.2 Å². The summed E-state index contributed by atoms with van der Waals surface area (Å²) in [6, 6.07) is 18.4. The summed E-state index contributed by atoms with van der Waals surface area (Å²) < 4.78 is 56.5. The predicted molar refractivity (Wildman–Crippen MR) is 131 cm³/mol. The smallest absolute Gasteiger partial charge is 0.416 e. The van der Waals surface area contributed by atoms with Crippen LogP contribution in [0.15, 0.2) is 66.7 Å². The molecule has 186 valence electrons. The number of aryl methyl sites for hydroxylation is 1. The molecule has 0 aliphatic carbocycles. The van der Waals surface area contributed by atoms with Gasteiger partial charge in [0.15, 0.2) is 11.5 Å². The number of thioether (sulfide) groups is 1. The zero-order valence-corrected chi connectivity index (χ0v) is 20.4. The monoisotopic (exact) mass is 504 g/mol. The zero-order chi connectivity index (χ0) is 25.3. The SMILES string of the molecule is CCOC(=O)Cc1ccc(OC)c(Oc2ccc(C(F)(F)F)cc2CSCCc2ccccc2)c1. The highest BCUT2D eigenvalue weighted by atomic mass is 32.2. The lowest BCUT2D eigenvalue weighted by Gasteiger charge is -2.16. The molecular formula is C27H27F3O4S. The quantitative estimate of drug-likeness (QED) is 0.206. The van der Waals surface area contributed by atoms with Gasteiger partial charge in [-0.1, -0.05) is 36.4 Å². The molecule has 0 aliphatic heterocycles. The molecule has 0 fully saturated rings. The number of esters is 1. The normalized spacial score (nSPS) is 11.2. The average Bonchev–Trinajstić information content (AvgIpc) is 2.83. The summed E-state index contributed by atoms with van der Waals surface area (Å²) in [6.45, 7) is 2.00. The molecule has 0 spiro atoms. The first-order valence-corrected chi connectivity index (χ1v) is 12.3. The van der Waals surface area contributed by atoms with Gasteiger partial charge in [-0.2, -0.15) is 24.9 Å². The number of benzene rings is 3. The van der Waals surface area contributed by atoms with Gasteiger partial charge >= 0.3 is 12.1 Å². The van der Waals surface area contributed by atoms with E-state index < -0.39 is 11.7 Å².